The maximum Gasteiger partial charge on any atom is 0.340 e. The Kier molecular flexibility index (Phi) is 5.97. The number of esters is 1. The number of piperazine rings is 1. The minimum absolute atomic E-state index is 0.118. The number of para-hydroxylation sites is 1. The molecule has 1 aliphatic rings. The molecule has 8 nitrogen and oxygen atoms in total. The third kappa shape index (κ3) is 4.59. The van der Waals surface area contributed by atoms with E-state index >= 15 is 0 Å². The zero-order valence-corrected chi connectivity index (χ0v) is 15.5. The van der Waals surface area contributed by atoms with E-state index in [2.05, 4.69) is 20.2 Å². The van der Waals surface area contributed by atoms with Gasteiger partial charge in [-0.05, 0) is 26.1 Å². The van der Waals surface area contributed by atoms with Crippen LogP contribution in [-0.2, 0) is 4.74 Å². The minimum atomic E-state index is -0.414. The van der Waals surface area contributed by atoms with Crippen molar-refractivity contribution in [3.8, 4) is 0 Å². The normalized spacial score (nSPS) is 14.7. The van der Waals surface area contributed by atoms with Gasteiger partial charge < -0.3 is 19.9 Å². The van der Waals surface area contributed by atoms with Crippen molar-refractivity contribution in [1.29, 1.82) is 0 Å². The molecule has 8 heteroatoms. The van der Waals surface area contributed by atoms with E-state index < -0.39 is 5.97 Å². The van der Waals surface area contributed by atoms with Gasteiger partial charge in [0.05, 0.1) is 17.9 Å². The number of hydrogen-bond acceptors (Lipinski definition) is 7. The Morgan fingerprint density at radius 3 is 2.63 bits per heavy atom. The number of rotatable bonds is 5. The van der Waals surface area contributed by atoms with E-state index in [-0.39, 0.29) is 5.91 Å². The molecule has 0 unspecified atom stereocenters. The lowest BCUT2D eigenvalue weighted by molar-refractivity contribution is 0.0527. The van der Waals surface area contributed by atoms with Crippen molar-refractivity contribution in [3.63, 3.8) is 0 Å². The molecule has 1 fully saturated rings. The van der Waals surface area contributed by atoms with Gasteiger partial charge in [-0.1, -0.05) is 12.1 Å². The van der Waals surface area contributed by atoms with Crippen molar-refractivity contribution >= 4 is 23.4 Å². The molecule has 1 aromatic heterocycles. The van der Waals surface area contributed by atoms with Crippen LogP contribution in [0.3, 0.4) is 0 Å². The third-order valence-electron chi connectivity index (χ3n) is 4.36. The first-order chi connectivity index (χ1) is 13.1. The molecular weight excluding hydrogens is 346 g/mol. The van der Waals surface area contributed by atoms with E-state index in [1.807, 2.05) is 13.1 Å². The van der Waals surface area contributed by atoms with E-state index in [1.54, 1.807) is 36.1 Å². The highest BCUT2D eigenvalue weighted by Gasteiger charge is 2.22. The maximum atomic E-state index is 12.7. The molecule has 1 saturated heterocycles. The van der Waals surface area contributed by atoms with Crippen LogP contribution in [0.1, 0.15) is 27.8 Å². The molecule has 3 rings (SSSR count). The summed E-state index contributed by atoms with van der Waals surface area (Å²) in [5, 5.41) is 3.09. The average Bonchev–Trinajstić information content (AvgIpc) is 2.69. The number of anilines is 2. The molecule has 0 atom stereocenters. The van der Waals surface area contributed by atoms with Gasteiger partial charge in [0.1, 0.15) is 17.8 Å². The van der Waals surface area contributed by atoms with Crippen LogP contribution in [0.4, 0.5) is 11.5 Å². The zero-order chi connectivity index (χ0) is 19.2. The highest BCUT2D eigenvalue weighted by Crippen LogP contribution is 2.21. The summed E-state index contributed by atoms with van der Waals surface area (Å²) in [5.74, 6) is -0.0881. The Hall–Kier alpha value is -3.00. The number of aromatic nitrogens is 2. The zero-order valence-electron chi connectivity index (χ0n) is 15.5. The Balaban J connectivity index is 1.77. The second-order valence-corrected chi connectivity index (χ2v) is 6.28. The lowest BCUT2D eigenvalue weighted by Crippen LogP contribution is -2.47. The molecule has 0 spiro atoms. The van der Waals surface area contributed by atoms with Crippen LogP contribution >= 0.6 is 0 Å². The number of hydrogen-bond donors (Lipinski definition) is 1. The van der Waals surface area contributed by atoms with Crippen LogP contribution in [0.25, 0.3) is 0 Å². The van der Waals surface area contributed by atoms with Crippen LogP contribution in [0, 0.1) is 0 Å². The molecule has 1 aliphatic heterocycles. The van der Waals surface area contributed by atoms with E-state index in [0.717, 1.165) is 13.1 Å². The van der Waals surface area contributed by atoms with Crippen LogP contribution in [0.15, 0.2) is 36.7 Å². The molecular formula is C19H23N5O3. The van der Waals surface area contributed by atoms with Crippen molar-refractivity contribution < 1.29 is 14.3 Å². The van der Waals surface area contributed by atoms with Gasteiger partial charge in [-0.25, -0.2) is 14.8 Å². The second kappa shape index (κ2) is 8.59. The highest BCUT2D eigenvalue weighted by atomic mass is 16.5. The van der Waals surface area contributed by atoms with Gasteiger partial charge in [0, 0.05) is 32.2 Å². The summed E-state index contributed by atoms with van der Waals surface area (Å²) < 4.78 is 5.08. The Morgan fingerprint density at radius 2 is 1.89 bits per heavy atom. The van der Waals surface area contributed by atoms with Crippen molar-refractivity contribution in [2.24, 2.45) is 0 Å². The lowest BCUT2D eigenvalue weighted by atomic mass is 10.2. The summed E-state index contributed by atoms with van der Waals surface area (Å²) >= 11 is 0. The van der Waals surface area contributed by atoms with Crippen molar-refractivity contribution in [1.82, 2.24) is 19.8 Å². The van der Waals surface area contributed by atoms with Gasteiger partial charge in [0.25, 0.3) is 5.91 Å². The van der Waals surface area contributed by atoms with Gasteiger partial charge in [-0.3, -0.25) is 4.79 Å². The summed E-state index contributed by atoms with van der Waals surface area (Å²) in [5.41, 5.74) is 1.29. The monoisotopic (exact) mass is 369 g/mol. The molecule has 1 N–H and O–H groups in total. The number of nitrogens with one attached hydrogen (secondary N) is 1. The standard InChI is InChI=1S/C19H23N5O3/c1-3-27-19(26)14-6-4-5-7-15(14)22-17-12-16(20-13-21-17)18(25)24-10-8-23(2)9-11-24/h4-7,12-13H,3,8-11H2,1-2H3,(H,20,21,22). The fraction of sp³-hybridized carbons (Fsp3) is 0.368. The predicted molar refractivity (Wildman–Crippen MR) is 101 cm³/mol. The molecule has 0 aliphatic carbocycles. The van der Waals surface area contributed by atoms with Crippen molar-refractivity contribution in [3.05, 3.63) is 47.9 Å². The number of carbonyl (C=O) groups is 2. The number of likely N-dealkylation sites (N-methyl/N-ethyl adjacent to an activating group) is 1. The molecule has 142 valence electrons. The fourth-order valence-electron chi connectivity index (χ4n) is 2.83. The lowest BCUT2D eigenvalue weighted by Gasteiger charge is -2.32. The molecule has 27 heavy (non-hydrogen) atoms. The molecule has 0 saturated carbocycles. The first-order valence-electron chi connectivity index (χ1n) is 8.91. The first-order valence-corrected chi connectivity index (χ1v) is 8.91. The van der Waals surface area contributed by atoms with Gasteiger partial charge >= 0.3 is 5.97 Å². The largest absolute Gasteiger partial charge is 0.462 e. The van der Waals surface area contributed by atoms with Crippen molar-refractivity contribution in [2.75, 3.05) is 45.2 Å². The fourth-order valence-corrected chi connectivity index (χ4v) is 2.83. The molecule has 0 radical (unpaired) electrons. The first kappa shape index (κ1) is 18.8. The van der Waals surface area contributed by atoms with Crippen LogP contribution < -0.4 is 5.32 Å². The summed E-state index contributed by atoms with van der Waals surface area (Å²) in [6.45, 7) is 5.09. The topological polar surface area (TPSA) is 87.7 Å². The van der Waals surface area contributed by atoms with E-state index in [1.165, 1.54) is 6.33 Å². The van der Waals surface area contributed by atoms with Crippen LogP contribution in [0.2, 0.25) is 0 Å². The smallest absolute Gasteiger partial charge is 0.340 e. The number of benzene rings is 1. The third-order valence-corrected chi connectivity index (χ3v) is 4.36. The van der Waals surface area contributed by atoms with E-state index in [0.29, 0.717) is 42.5 Å². The van der Waals surface area contributed by atoms with Crippen LogP contribution in [-0.4, -0.2) is 71.5 Å². The van der Waals surface area contributed by atoms with E-state index in [9.17, 15) is 9.59 Å². The SMILES string of the molecule is CCOC(=O)c1ccccc1Nc1cc(C(=O)N2CCN(C)CC2)ncn1. The summed E-state index contributed by atoms with van der Waals surface area (Å²) in [6.07, 6.45) is 1.35. The average molecular weight is 369 g/mol. The summed E-state index contributed by atoms with van der Waals surface area (Å²) in [7, 11) is 2.04. The maximum absolute atomic E-state index is 12.7. The Bertz CT molecular complexity index is 818. The Morgan fingerprint density at radius 1 is 1.15 bits per heavy atom. The van der Waals surface area contributed by atoms with Gasteiger partial charge in [-0.2, -0.15) is 0 Å². The number of nitrogens with zero attached hydrogens (tertiary/aromatic N) is 4. The number of ether oxygens (including phenoxy) is 1. The van der Waals surface area contributed by atoms with Gasteiger partial charge in [0.15, 0.2) is 0 Å². The molecule has 1 aromatic carbocycles. The van der Waals surface area contributed by atoms with Crippen molar-refractivity contribution in [2.45, 2.75) is 6.92 Å². The van der Waals surface area contributed by atoms with Crippen LogP contribution in [0.5, 0.6) is 0 Å². The minimum Gasteiger partial charge on any atom is -0.462 e. The highest BCUT2D eigenvalue weighted by molar-refractivity contribution is 5.97. The van der Waals surface area contributed by atoms with Gasteiger partial charge in [0.2, 0.25) is 0 Å². The predicted octanol–water partition coefficient (Wildman–Crippen LogP) is 1.78. The summed E-state index contributed by atoms with van der Waals surface area (Å²) in [4.78, 5) is 37.0. The molecule has 0 bridgehead atoms. The Labute approximate surface area is 158 Å². The molecule has 2 heterocycles. The molecule has 2 aromatic rings. The molecule has 1 amide bonds. The number of carbonyl (C=O) groups excluding carboxylic acids is 2. The number of amides is 1. The van der Waals surface area contributed by atoms with E-state index in [4.69, 9.17) is 4.74 Å². The second-order valence-electron chi connectivity index (χ2n) is 6.28. The van der Waals surface area contributed by atoms with Gasteiger partial charge in [-0.15, -0.1) is 0 Å². The quantitative estimate of drug-likeness (QED) is 0.804. The summed E-state index contributed by atoms with van der Waals surface area (Å²) in [6, 6.07) is 8.61.